The second-order valence-electron chi connectivity index (χ2n) is 2.41. The van der Waals surface area contributed by atoms with E-state index in [2.05, 4.69) is 30.6 Å². The van der Waals surface area contributed by atoms with Gasteiger partial charge in [-0.05, 0) is 6.92 Å². The van der Waals surface area contributed by atoms with Gasteiger partial charge in [-0.2, -0.15) is 12.6 Å². The maximum atomic E-state index is 10.3. The van der Waals surface area contributed by atoms with Gasteiger partial charge in [-0.1, -0.05) is 0 Å². The van der Waals surface area contributed by atoms with E-state index in [1.54, 1.807) is 6.92 Å². The number of rotatable bonds is 3. The van der Waals surface area contributed by atoms with Gasteiger partial charge in [-0.25, -0.2) is 4.79 Å². The van der Waals surface area contributed by atoms with Crippen LogP contribution in [0.2, 0.25) is 0 Å². The molecule has 1 unspecified atom stereocenters. The molecule has 0 aromatic rings. The van der Waals surface area contributed by atoms with Gasteiger partial charge < -0.3 is 15.5 Å². The number of aliphatic hydroxyl groups is 1. The first-order valence-electron chi connectivity index (χ1n) is 3.78. The second kappa shape index (κ2) is 9.17. The van der Waals surface area contributed by atoms with Gasteiger partial charge in [0.05, 0.1) is 5.44 Å². The summed E-state index contributed by atoms with van der Waals surface area (Å²) in [5, 5.41) is 18.5. The van der Waals surface area contributed by atoms with Gasteiger partial charge in [0.2, 0.25) is 5.91 Å². The predicted octanol–water partition coefficient (Wildman–Crippen LogP) is -0.240. The number of aliphatic carboxylic acids is 1. The van der Waals surface area contributed by atoms with Crippen molar-refractivity contribution < 1.29 is 19.8 Å². The van der Waals surface area contributed by atoms with E-state index in [0.717, 1.165) is 0 Å². The molecule has 0 radical (unpaired) electrons. The first kappa shape index (κ1) is 16.0. The highest BCUT2D eigenvalue weighted by Crippen LogP contribution is 1.86. The maximum absolute atomic E-state index is 10.3. The molecule has 3 N–H and O–H groups in total. The van der Waals surface area contributed by atoms with E-state index >= 15 is 0 Å². The largest absolute Gasteiger partial charge is 0.480 e. The first-order chi connectivity index (χ1) is 6.31. The molecule has 0 saturated carbocycles. The number of nitrogens with one attached hydrogen (secondary N) is 1. The molecule has 5 nitrogen and oxygen atoms in total. The molecule has 0 rings (SSSR count). The number of amides is 1. The Balaban J connectivity index is 0. The zero-order chi connectivity index (χ0) is 11.7. The highest BCUT2D eigenvalue weighted by atomic mass is 32.1. The molecular formula is C7H15NO4S2. The molecule has 1 amide bonds. The summed E-state index contributed by atoms with van der Waals surface area (Å²) >= 11 is 7.26. The molecule has 14 heavy (non-hydrogen) atoms. The van der Waals surface area contributed by atoms with Crippen LogP contribution in [0.25, 0.3) is 0 Å². The molecule has 0 fully saturated rings. The van der Waals surface area contributed by atoms with Crippen molar-refractivity contribution >= 4 is 37.1 Å². The van der Waals surface area contributed by atoms with Gasteiger partial charge in [-0.15, -0.1) is 12.6 Å². The van der Waals surface area contributed by atoms with E-state index < -0.39 is 17.4 Å². The molecule has 0 spiro atoms. The molecule has 84 valence electrons. The quantitative estimate of drug-likeness (QED) is 0.349. The molecule has 0 bridgehead atoms. The number of carboxylic acids is 1. The number of hydrogen-bond donors (Lipinski definition) is 5. The van der Waals surface area contributed by atoms with Crippen LogP contribution in [-0.2, 0) is 9.59 Å². The van der Waals surface area contributed by atoms with Crippen molar-refractivity contribution in [2.75, 3.05) is 5.75 Å². The van der Waals surface area contributed by atoms with Crippen LogP contribution in [0.5, 0.6) is 0 Å². The Hall–Kier alpha value is -0.400. The molecule has 0 heterocycles. The van der Waals surface area contributed by atoms with Crippen LogP contribution in [0.1, 0.15) is 13.8 Å². The third-order valence-electron chi connectivity index (χ3n) is 0.858. The van der Waals surface area contributed by atoms with Crippen LogP contribution in [-0.4, -0.2) is 39.3 Å². The molecule has 0 aliphatic rings. The number of hydrogen-bond acceptors (Lipinski definition) is 5. The minimum absolute atomic E-state index is 0.106. The Morgan fingerprint density at radius 2 is 1.86 bits per heavy atom. The fraction of sp³-hybridized carbons (Fsp3) is 0.714. The summed E-state index contributed by atoms with van der Waals surface area (Å²) in [5.41, 5.74) is -0.472. The molecule has 0 aliphatic heterocycles. The highest BCUT2D eigenvalue weighted by Gasteiger charge is 2.15. The minimum atomic E-state index is -1.06. The number of carbonyl (C=O) groups excluding carboxylic acids is 1. The van der Waals surface area contributed by atoms with Crippen LogP contribution < -0.4 is 5.32 Å². The first-order valence-corrected chi connectivity index (χ1v) is 4.93. The van der Waals surface area contributed by atoms with Crippen LogP contribution in [0.15, 0.2) is 0 Å². The Labute approximate surface area is 93.7 Å². The Kier molecular flexibility index (Phi) is 10.5. The number of aliphatic hydroxyl groups excluding tert-OH is 1. The van der Waals surface area contributed by atoms with Gasteiger partial charge in [0.15, 0.2) is 0 Å². The van der Waals surface area contributed by atoms with Crippen molar-refractivity contribution in [1.82, 2.24) is 5.32 Å². The normalized spacial score (nSPS) is 13.2. The summed E-state index contributed by atoms with van der Waals surface area (Å²) in [7, 11) is 0. The number of carboxylic acid groups (broad SMARTS) is 1. The van der Waals surface area contributed by atoms with E-state index in [4.69, 9.17) is 10.2 Å². The lowest BCUT2D eigenvalue weighted by Gasteiger charge is -2.08. The topological polar surface area (TPSA) is 86.6 Å². The van der Waals surface area contributed by atoms with Gasteiger partial charge in [0, 0.05) is 12.7 Å². The van der Waals surface area contributed by atoms with Crippen LogP contribution in [0.4, 0.5) is 0 Å². The second-order valence-corrected chi connectivity index (χ2v) is 3.52. The van der Waals surface area contributed by atoms with E-state index in [1.807, 2.05) is 0 Å². The van der Waals surface area contributed by atoms with E-state index in [9.17, 15) is 9.59 Å². The Morgan fingerprint density at radius 1 is 1.50 bits per heavy atom. The summed E-state index contributed by atoms with van der Waals surface area (Å²) < 4.78 is 0. The van der Waals surface area contributed by atoms with Crippen molar-refractivity contribution in [2.24, 2.45) is 0 Å². The fourth-order valence-corrected chi connectivity index (χ4v) is 0.678. The average Bonchev–Trinajstić information content (AvgIpc) is 1.98. The molecular weight excluding hydrogens is 226 g/mol. The fourth-order valence-electron chi connectivity index (χ4n) is 0.431. The maximum Gasteiger partial charge on any atom is 0.327 e. The molecule has 0 saturated heterocycles. The highest BCUT2D eigenvalue weighted by molar-refractivity contribution is 7.80. The number of thiol groups is 2. The third kappa shape index (κ3) is 14.1. The Morgan fingerprint density at radius 3 is 1.93 bits per heavy atom. The summed E-state index contributed by atoms with van der Waals surface area (Å²) in [6, 6.07) is -0.874. The minimum Gasteiger partial charge on any atom is -0.480 e. The monoisotopic (exact) mass is 241 g/mol. The van der Waals surface area contributed by atoms with Crippen molar-refractivity contribution in [2.45, 2.75) is 25.3 Å². The van der Waals surface area contributed by atoms with Crippen molar-refractivity contribution in [1.29, 1.82) is 0 Å². The zero-order valence-electron chi connectivity index (χ0n) is 7.97. The van der Waals surface area contributed by atoms with Crippen LogP contribution in [0, 0.1) is 0 Å². The summed E-state index contributed by atoms with van der Waals surface area (Å²) in [5.74, 6) is -1.32. The van der Waals surface area contributed by atoms with Gasteiger partial charge in [-0.3, -0.25) is 4.79 Å². The molecule has 0 aliphatic carbocycles. The van der Waals surface area contributed by atoms with Crippen molar-refractivity contribution in [3.8, 4) is 0 Å². The van der Waals surface area contributed by atoms with E-state index in [0.29, 0.717) is 0 Å². The van der Waals surface area contributed by atoms with Gasteiger partial charge in [0.1, 0.15) is 6.04 Å². The average molecular weight is 241 g/mol. The SMILES string of the molecule is CC(=O)N[C@@H](CS)C(=O)O.CC(O)S. The lowest BCUT2D eigenvalue weighted by Crippen LogP contribution is -2.40. The van der Waals surface area contributed by atoms with E-state index in [-0.39, 0.29) is 11.7 Å². The van der Waals surface area contributed by atoms with Gasteiger partial charge >= 0.3 is 5.97 Å². The lowest BCUT2D eigenvalue weighted by atomic mass is 10.3. The van der Waals surface area contributed by atoms with Crippen LogP contribution in [0.3, 0.4) is 0 Å². The summed E-state index contributed by atoms with van der Waals surface area (Å²) in [4.78, 5) is 20.5. The van der Waals surface area contributed by atoms with E-state index in [1.165, 1.54) is 6.92 Å². The number of carbonyl (C=O) groups is 2. The smallest absolute Gasteiger partial charge is 0.327 e. The van der Waals surface area contributed by atoms with Crippen LogP contribution >= 0.6 is 25.3 Å². The van der Waals surface area contributed by atoms with Crippen molar-refractivity contribution in [3.05, 3.63) is 0 Å². The molecule has 2 atom stereocenters. The predicted molar refractivity (Wildman–Crippen MR) is 59.8 cm³/mol. The molecule has 0 aromatic heterocycles. The summed E-state index contributed by atoms with van der Waals surface area (Å²) in [6.45, 7) is 2.85. The third-order valence-corrected chi connectivity index (χ3v) is 1.22. The summed E-state index contributed by atoms with van der Waals surface area (Å²) in [6.07, 6.45) is 0. The van der Waals surface area contributed by atoms with Crippen molar-refractivity contribution in [3.63, 3.8) is 0 Å². The molecule has 0 aromatic carbocycles. The standard InChI is InChI=1S/C5H9NO3S.C2H6OS/c1-3(7)6-4(2-10)5(8)9;1-2(3)4/h4,10H,2H2,1H3,(H,6,7)(H,8,9);2-4H,1H3/t4-;/m0./s1. The molecule has 7 heteroatoms. The van der Waals surface area contributed by atoms with Gasteiger partial charge in [0.25, 0.3) is 0 Å². The lowest BCUT2D eigenvalue weighted by molar-refractivity contribution is -0.140. The zero-order valence-corrected chi connectivity index (χ0v) is 9.76. The Bertz CT molecular complexity index is 184.